The van der Waals surface area contributed by atoms with Crippen LogP contribution in [0.1, 0.15) is 21.7 Å². The van der Waals surface area contributed by atoms with Gasteiger partial charge in [0.1, 0.15) is 6.26 Å². The number of aryl methyl sites for hydroxylation is 1. The molecule has 1 unspecified atom stereocenters. The average Bonchev–Trinajstić information content (AvgIpc) is 3.39. The normalized spacial score (nSPS) is 12.2. The number of aromatic nitrogens is 3. The summed E-state index contributed by atoms with van der Waals surface area (Å²) >= 11 is 2.72. The molecule has 1 atom stereocenters. The SMILES string of the molecule is Cc1cc(C(N)=O)nn1-c1ccc2c(c1)c(Br)cn2Cc1ccc(-c2ccc([S+](C)[O-])cc2)cc1. The third-order valence-corrected chi connectivity index (χ3v) is 7.59. The average molecular weight is 547 g/mol. The molecule has 0 spiro atoms. The zero-order chi connectivity index (χ0) is 24.7. The first kappa shape index (κ1) is 23.4. The van der Waals surface area contributed by atoms with E-state index >= 15 is 0 Å². The van der Waals surface area contributed by atoms with Crippen LogP contribution in [0.15, 0.2) is 88.4 Å². The Morgan fingerprint density at radius 2 is 1.69 bits per heavy atom. The standard InChI is InChI=1S/C27H23BrN4O2S/c1-17-13-25(27(29)33)30-32(17)21-9-12-26-23(14-21)24(28)16-31(26)15-18-3-5-19(6-4-18)20-7-10-22(11-8-20)35(2)34/h3-14,16H,15H2,1-2H3,(H2,29,33). The lowest BCUT2D eigenvalue weighted by Crippen LogP contribution is -2.12. The summed E-state index contributed by atoms with van der Waals surface area (Å²) in [5.41, 5.74) is 11.8. The first-order valence-electron chi connectivity index (χ1n) is 11.0. The van der Waals surface area contributed by atoms with Crippen molar-refractivity contribution in [2.24, 2.45) is 5.73 Å². The lowest BCUT2D eigenvalue weighted by molar-refractivity contribution is 0.0995. The molecule has 2 N–H and O–H groups in total. The van der Waals surface area contributed by atoms with Crippen LogP contribution in [-0.2, 0) is 17.7 Å². The van der Waals surface area contributed by atoms with Crippen molar-refractivity contribution in [3.8, 4) is 16.8 Å². The van der Waals surface area contributed by atoms with Crippen molar-refractivity contribution in [3.63, 3.8) is 0 Å². The Bertz CT molecular complexity index is 1540. The van der Waals surface area contributed by atoms with E-state index in [1.54, 1.807) is 17.0 Å². The van der Waals surface area contributed by atoms with Crippen molar-refractivity contribution in [2.45, 2.75) is 18.4 Å². The molecular formula is C27H23BrN4O2S. The molecule has 0 radical (unpaired) electrons. The monoisotopic (exact) mass is 546 g/mol. The predicted molar refractivity (Wildman–Crippen MR) is 143 cm³/mol. The highest BCUT2D eigenvalue weighted by molar-refractivity contribution is 9.10. The highest BCUT2D eigenvalue weighted by Crippen LogP contribution is 2.30. The van der Waals surface area contributed by atoms with Crippen molar-refractivity contribution in [3.05, 3.63) is 100 Å². The van der Waals surface area contributed by atoms with E-state index in [9.17, 15) is 9.35 Å². The molecule has 35 heavy (non-hydrogen) atoms. The van der Waals surface area contributed by atoms with Crippen LogP contribution in [0, 0.1) is 6.92 Å². The lowest BCUT2D eigenvalue weighted by atomic mass is 10.0. The van der Waals surface area contributed by atoms with Crippen LogP contribution in [0.3, 0.4) is 0 Å². The second kappa shape index (κ2) is 9.37. The Hall–Kier alpha value is -3.33. The van der Waals surface area contributed by atoms with Gasteiger partial charge in [0.2, 0.25) is 0 Å². The van der Waals surface area contributed by atoms with E-state index in [0.717, 1.165) is 49.3 Å². The van der Waals surface area contributed by atoms with Crippen LogP contribution in [0.5, 0.6) is 0 Å². The Balaban J connectivity index is 1.40. The summed E-state index contributed by atoms with van der Waals surface area (Å²) < 4.78 is 16.5. The fourth-order valence-corrected chi connectivity index (χ4v) is 5.28. The maximum Gasteiger partial charge on any atom is 0.269 e. The minimum Gasteiger partial charge on any atom is -0.612 e. The van der Waals surface area contributed by atoms with E-state index in [0.29, 0.717) is 0 Å². The molecule has 0 saturated heterocycles. The van der Waals surface area contributed by atoms with Gasteiger partial charge in [-0.25, -0.2) is 4.68 Å². The molecule has 0 saturated carbocycles. The largest absolute Gasteiger partial charge is 0.612 e. The van der Waals surface area contributed by atoms with Crippen molar-refractivity contribution < 1.29 is 9.35 Å². The summed E-state index contributed by atoms with van der Waals surface area (Å²) in [5.74, 6) is -0.541. The number of hydrogen-bond acceptors (Lipinski definition) is 3. The fourth-order valence-electron chi connectivity index (χ4n) is 4.20. The number of nitrogens with zero attached hydrogens (tertiary/aromatic N) is 3. The maximum absolute atomic E-state index is 11.6. The van der Waals surface area contributed by atoms with Crippen LogP contribution in [0.25, 0.3) is 27.7 Å². The van der Waals surface area contributed by atoms with E-state index in [1.165, 1.54) is 5.56 Å². The third-order valence-electron chi connectivity index (χ3n) is 6.03. The molecule has 8 heteroatoms. The summed E-state index contributed by atoms with van der Waals surface area (Å²) in [4.78, 5) is 12.3. The smallest absolute Gasteiger partial charge is 0.269 e. The molecule has 6 nitrogen and oxygen atoms in total. The number of halogens is 1. The van der Waals surface area contributed by atoms with Crippen LogP contribution >= 0.6 is 15.9 Å². The summed E-state index contributed by atoms with van der Waals surface area (Å²) in [6.07, 6.45) is 3.77. The number of carbonyl (C=O) groups excluding carboxylic acids is 1. The van der Waals surface area contributed by atoms with Gasteiger partial charge in [0.15, 0.2) is 10.6 Å². The van der Waals surface area contributed by atoms with E-state index in [2.05, 4.69) is 68.2 Å². The number of rotatable bonds is 6. The topological polar surface area (TPSA) is 88.9 Å². The second-order valence-electron chi connectivity index (χ2n) is 8.43. The van der Waals surface area contributed by atoms with Crippen molar-refractivity contribution in [1.29, 1.82) is 0 Å². The van der Waals surface area contributed by atoms with E-state index < -0.39 is 17.1 Å². The van der Waals surface area contributed by atoms with Gasteiger partial charge < -0.3 is 14.9 Å². The molecule has 2 heterocycles. The first-order chi connectivity index (χ1) is 16.8. The van der Waals surface area contributed by atoms with Crippen LogP contribution in [0.2, 0.25) is 0 Å². The van der Waals surface area contributed by atoms with Gasteiger partial charge in [0, 0.05) is 33.8 Å². The van der Waals surface area contributed by atoms with Gasteiger partial charge in [0.25, 0.3) is 5.91 Å². The quantitative estimate of drug-likeness (QED) is 0.287. The molecule has 0 aliphatic heterocycles. The molecule has 0 fully saturated rings. The van der Waals surface area contributed by atoms with Crippen molar-refractivity contribution in [2.75, 3.05) is 6.26 Å². The van der Waals surface area contributed by atoms with Gasteiger partial charge in [-0.2, -0.15) is 5.10 Å². The maximum atomic E-state index is 11.6. The van der Waals surface area contributed by atoms with Gasteiger partial charge in [-0.3, -0.25) is 4.79 Å². The number of benzene rings is 3. The number of carbonyl (C=O) groups is 1. The number of hydrogen-bond donors (Lipinski definition) is 1. The Morgan fingerprint density at radius 1 is 1.03 bits per heavy atom. The first-order valence-corrected chi connectivity index (χ1v) is 13.3. The van der Waals surface area contributed by atoms with Crippen LogP contribution in [0.4, 0.5) is 0 Å². The number of nitrogens with two attached hydrogens (primary N) is 1. The Labute approximate surface area is 214 Å². The third kappa shape index (κ3) is 4.65. The van der Waals surface area contributed by atoms with Crippen LogP contribution in [-0.4, -0.2) is 31.1 Å². The summed E-state index contributed by atoms with van der Waals surface area (Å²) in [5, 5.41) is 5.40. The molecular weight excluding hydrogens is 524 g/mol. The molecule has 176 valence electrons. The van der Waals surface area contributed by atoms with Crippen molar-refractivity contribution in [1.82, 2.24) is 14.3 Å². The van der Waals surface area contributed by atoms with E-state index in [-0.39, 0.29) is 5.69 Å². The van der Waals surface area contributed by atoms with E-state index in [1.807, 2.05) is 37.3 Å². The number of fused-ring (bicyclic) bond motifs is 1. The summed E-state index contributed by atoms with van der Waals surface area (Å²) in [7, 11) is 0. The number of amides is 1. The Kier molecular flexibility index (Phi) is 6.27. The van der Waals surface area contributed by atoms with Gasteiger partial charge in [0.05, 0.1) is 5.69 Å². The van der Waals surface area contributed by atoms with Crippen LogP contribution < -0.4 is 5.73 Å². The fraction of sp³-hybridized carbons (Fsp3) is 0.111. The molecule has 2 aromatic heterocycles. The van der Waals surface area contributed by atoms with Crippen molar-refractivity contribution >= 4 is 43.9 Å². The lowest BCUT2D eigenvalue weighted by Gasteiger charge is -2.09. The molecule has 5 aromatic rings. The molecule has 5 rings (SSSR count). The van der Waals surface area contributed by atoms with E-state index in [4.69, 9.17) is 5.73 Å². The van der Waals surface area contributed by atoms with Gasteiger partial charge in [-0.1, -0.05) is 24.3 Å². The Morgan fingerprint density at radius 3 is 2.29 bits per heavy atom. The highest BCUT2D eigenvalue weighted by Gasteiger charge is 2.13. The summed E-state index contributed by atoms with van der Waals surface area (Å²) in [6.45, 7) is 2.62. The minimum atomic E-state index is -0.974. The molecule has 0 bridgehead atoms. The van der Waals surface area contributed by atoms with Gasteiger partial charge in [-0.05, 0) is 99.3 Å². The second-order valence-corrected chi connectivity index (χ2v) is 10.7. The molecule has 1 amide bonds. The minimum absolute atomic E-state index is 0.249. The van der Waals surface area contributed by atoms with Gasteiger partial charge >= 0.3 is 0 Å². The van der Waals surface area contributed by atoms with Gasteiger partial charge in [-0.15, -0.1) is 0 Å². The highest BCUT2D eigenvalue weighted by atomic mass is 79.9. The molecule has 3 aromatic carbocycles. The number of primary amides is 1. The summed E-state index contributed by atoms with van der Waals surface area (Å²) in [6, 6.07) is 24.1. The molecule has 0 aliphatic rings. The predicted octanol–water partition coefficient (Wildman–Crippen LogP) is 5.45. The molecule has 0 aliphatic carbocycles. The zero-order valence-corrected chi connectivity index (χ0v) is 21.6. The zero-order valence-electron chi connectivity index (χ0n) is 19.2.